The number of hydrogen-bond acceptors (Lipinski definition) is 3. The van der Waals surface area contributed by atoms with Gasteiger partial charge in [0.25, 0.3) is 0 Å². The van der Waals surface area contributed by atoms with Crippen LogP contribution in [-0.2, 0) is 16.1 Å². The quantitative estimate of drug-likeness (QED) is 0.720. The van der Waals surface area contributed by atoms with Crippen molar-refractivity contribution in [2.75, 3.05) is 13.6 Å². The zero-order valence-corrected chi connectivity index (χ0v) is 10.5. The lowest BCUT2D eigenvalue weighted by molar-refractivity contribution is -0.159. The number of para-hydroxylation sites is 1. The van der Waals surface area contributed by atoms with Gasteiger partial charge in [-0.3, -0.25) is 0 Å². The standard InChI is InChI=1S/C11H14N2.C2H2O4/c1-12-7-9-13-8-6-10-4-2-3-5-11(10)13;3-1(4)2(5)6/h2-6,8,12H,7,9H2,1H3;(H,3,4)(H,5,6). The van der Waals surface area contributed by atoms with Crippen LogP contribution in [0.15, 0.2) is 36.5 Å². The molecule has 6 heteroatoms. The average molecular weight is 264 g/mol. The number of nitrogens with zero attached hydrogens (tertiary/aromatic N) is 1. The van der Waals surface area contributed by atoms with Crippen LogP contribution in [0.25, 0.3) is 10.9 Å². The summed E-state index contributed by atoms with van der Waals surface area (Å²) in [6, 6.07) is 10.6. The average Bonchev–Trinajstić information content (AvgIpc) is 2.80. The molecule has 0 spiro atoms. The number of carbonyl (C=O) groups is 2. The van der Waals surface area contributed by atoms with Crippen LogP contribution in [0.4, 0.5) is 0 Å². The Morgan fingerprint density at radius 3 is 2.37 bits per heavy atom. The molecule has 1 aromatic heterocycles. The van der Waals surface area contributed by atoms with Gasteiger partial charge in [0, 0.05) is 24.8 Å². The summed E-state index contributed by atoms with van der Waals surface area (Å²) in [5, 5.41) is 19.3. The minimum atomic E-state index is -1.82. The highest BCUT2D eigenvalue weighted by atomic mass is 16.4. The summed E-state index contributed by atoms with van der Waals surface area (Å²) in [5.74, 6) is -3.65. The first-order chi connectivity index (χ1) is 9.06. The first-order valence-corrected chi connectivity index (χ1v) is 5.71. The van der Waals surface area contributed by atoms with Gasteiger partial charge in [0.2, 0.25) is 0 Å². The van der Waals surface area contributed by atoms with E-state index in [9.17, 15) is 0 Å². The van der Waals surface area contributed by atoms with E-state index in [1.165, 1.54) is 10.9 Å². The number of benzene rings is 1. The van der Waals surface area contributed by atoms with Gasteiger partial charge in [0.15, 0.2) is 0 Å². The van der Waals surface area contributed by atoms with E-state index < -0.39 is 11.9 Å². The molecule has 6 nitrogen and oxygen atoms in total. The van der Waals surface area contributed by atoms with E-state index in [-0.39, 0.29) is 0 Å². The number of aliphatic carboxylic acids is 2. The zero-order chi connectivity index (χ0) is 14.3. The van der Waals surface area contributed by atoms with Crippen LogP contribution in [-0.4, -0.2) is 40.3 Å². The molecular formula is C13H16N2O4. The Morgan fingerprint density at radius 1 is 1.16 bits per heavy atom. The van der Waals surface area contributed by atoms with Crippen LogP contribution in [0.5, 0.6) is 0 Å². The van der Waals surface area contributed by atoms with E-state index in [1.54, 1.807) is 0 Å². The van der Waals surface area contributed by atoms with Gasteiger partial charge in [0.05, 0.1) is 0 Å². The molecule has 0 fully saturated rings. The fraction of sp³-hybridized carbons (Fsp3) is 0.231. The van der Waals surface area contributed by atoms with Crippen LogP contribution in [0.3, 0.4) is 0 Å². The van der Waals surface area contributed by atoms with Crippen molar-refractivity contribution in [3.63, 3.8) is 0 Å². The summed E-state index contributed by atoms with van der Waals surface area (Å²) in [4.78, 5) is 18.2. The van der Waals surface area contributed by atoms with Gasteiger partial charge in [-0.05, 0) is 24.6 Å². The summed E-state index contributed by atoms with van der Waals surface area (Å²) in [6.07, 6.45) is 2.14. The molecule has 0 unspecified atom stereocenters. The van der Waals surface area contributed by atoms with Gasteiger partial charge in [-0.15, -0.1) is 0 Å². The molecule has 0 aliphatic rings. The number of likely N-dealkylation sites (N-methyl/N-ethyl adjacent to an activating group) is 1. The molecule has 2 rings (SSSR count). The molecule has 19 heavy (non-hydrogen) atoms. The summed E-state index contributed by atoms with van der Waals surface area (Å²) < 4.78 is 2.27. The van der Waals surface area contributed by atoms with E-state index in [0.29, 0.717) is 0 Å². The monoisotopic (exact) mass is 264 g/mol. The molecule has 0 atom stereocenters. The van der Waals surface area contributed by atoms with Crippen molar-refractivity contribution in [1.82, 2.24) is 9.88 Å². The molecule has 1 heterocycles. The van der Waals surface area contributed by atoms with Crippen LogP contribution in [0, 0.1) is 0 Å². The van der Waals surface area contributed by atoms with Gasteiger partial charge < -0.3 is 20.1 Å². The number of carboxylic acids is 2. The summed E-state index contributed by atoms with van der Waals surface area (Å²) in [7, 11) is 1.98. The van der Waals surface area contributed by atoms with E-state index in [2.05, 4.69) is 46.4 Å². The number of fused-ring (bicyclic) bond motifs is 1. The first kappa shape index (κ1) is 14.7. The molecule has 0 amide bonds. The fourth-order valence-corrected chi connectivity index (χ4v) is 1.57. The molecular weight excluding hydrogens is 248 g/mol. The molecule has 3 N–H and O–H groups in total. The van der Waals surface area contributed by atoms with Crippen molar-refractivity contribution in [3.8, 4) is 0 Å². The van der Waals surface area contributed by atoms with Gasteiger partial charge in [-0.2, -0.15) is 0 Å². The molecule has 0 saturated heterocycles. The van der Waals surface area contributed by atoms with Crippen LogP contribution in [0.2, 0.25) is 0 Å². The largest absolute Gasteiger partial charge is 0.473 e. The highest BCUT2D eigenvalue weighted by Gasteiger charge is 2.04. The molecule has 102 valence electrons. The van der Waals surface area contributed by atoms with Crippen LogP contribution < -0.4 is 5.32 Å². The number of hydrogen-bond donors (Lipinski definition) is 3. The zero-order valence-electron chi connectivity index (χ0n) is 10.5. The van der Waals surface area contributed by atoms with Crippen molar-refractivity contribution < 1.29 is 19.8 Å². The summed E-state index contributed by atoms with van der Waals surface area (Å²) >= 11 is 0. The summed E-state index contributed by atoms with van der Waals surface area (Å²) in [6.45, 7) is 2.04. The van der Waals surface area contributed by atoms with Crippen LogP contribution >= 0.6 is 0 Å². The predicted octanol–water partition coefficient (Wildman–Crippen LogP) is 1.02. The maximum atomic E-state index is 9.10. The smallest absolute Gasteiger partial charge is 0.414 e. The van der Waals surface area contributed by atoms with Gasteiger partial charge in [-0.1, -0.05) is 18.2 Å². The topological polar surface area (TPSA) is 91.6 Å². The fourth-order valence-electron chi connectivity index (χ4n) is 1.57. The lowest BCUT2D eigenvalue weighted by Gasteiger charge is -2.03. The highest BCUT2D eigenvalue weighted by Crippen LogP contribution is 2.14. The molecule has 0 saturated carbocycles. The van der Waals surface area contributed by atoms with Crippen molar-refractivity contribution in [2.24, 2.45) is 0 Å². The van der Waals surface area contributed by atoms with E-state index in [4.69, 9.17) is 19.8 Å². The Kier molecular flexibility index (Phi) is 5.56. The molecule has 0 bridgehead atoms. The Bertz CT molecular complexity index is 551. The minimum absolute atomic E-state index is 1.01. The maximum Gasteiger partial charge on any atom is 0.414 e. The third kappa shape index (κ3) is 4.44. The number of nitrogens with one attached hydrogen (secondary N) is 1. The highest BCUT2D eigenvalue weighted by molar-refractivity contribution is 6.27. The SMILES string of the molecule is CNCCn1ccc2ccccc21.O=C(O)C(=O)O. The second-order valence-corrected chi connectivity index (χ2v) is 3.78. The molecule has 0 radical (unpaired) electrons. The van der Waals surface area contributed by atoms with E-state index >= 15 is 0 Å². The Balaban J connectivity index is 0.000000258. The second-order valence-electron chi connectivity index (χ2n) is 3.78. The van der Waals surface area contributed by atoms with Crippen molar-refractivity contribution in [1.29, 1.82) is 0 Å². The Labute approximate surface area is 110 Å². The van der Waals surface area contributed by atoms with Gasteiger partial charge in [0.1, 0.15) is 0 Å². The van der Waals surface area contributed by atoms with E-state index in [1.807, 2.05) is 7.05 Å². The lowest BCUT2D eigenvalue weighted by Crippen LogP contribution is -2.14. The normalized spacial score (nSPS) is 9.74. The molecule has 0 aliphatic carbocycles. The van der Waals surface area contributed by atoms with Crippen molar-refractivity contribution >= 4 is 22.8 Å². The Morgan fingerprint density at radius 2 is 1.79 bits per heavy atom. The third-order valence-electron chi connectivity index (χ3n) is 2.47. The van der Waals surface area contributed by atoms with Crippen molar-refractivity contribution in [2.45, 2.75) is 6.54 Å². The number of carboxylic acid groups (broad SMARTS) is 2. The molecule has 1 aromatic carbocycles. The maximum absolute atomic E-state index is 9.10. The predicted molar refractivity (Wildman–Crippen MR) is 71.1 cm³/mol. The van der Waals surface area contributed by atoms with Gasteiger partial charge in [-0.25, -0.2) is 9.59 Å². The number of rotatable bonds is 3. The lowest BCUT2D eigenvalue weighted by atomic mass is 10.2. The van der Waals surface area contributed by atoms with E-state index in [0.717, 1.165) is 13.1 Å². The summed E-state index contributed by atoms with van der Waals surface area (Å²) in [5.41, 5.74) is 1.32. The Hall–Kier alpha value is -2.34. The number of aromatic nitrogens is 1. The van der Waals surface area contributed by atoms with Crippen molar-refractivity contribution in [3.05, 3.63) is 36.5 Å². The molecule has 2 aromatic rings. The second kappa shape index (κ2) is 7.17. The van der Waals surface area contributed by atoms with Crippen LogP contribution in [0.1, 0.15) is 0 Å². The first-order valence-electron chi connectivity index (χ1n) is 5.71. The van der Waals surface area contributed by atoms with Gasteiger partial charge >= 0.3 is 11.9 Å². The third-order valence-corrected chi connectivity index (χ3v) is 2.47. The minimum Gasteiger partial charge on any atom is -0.473 e. The molecule has 0 aliphatic heterocycles.